The molecular weight excluding hydrogens is 541 g/mol. The van der Waals surface area contributed by atoms with Gasteiger partial charge in [-0.1, -0.05) is 18.6 Å². The van der Waals surface area contributed by atoms with Crippen molar-refractivity contribution in [3.8, 4) is 11.8 Å². The van der Waals surface area contributed by atoms with E-state index in [1.807, 2.05) is 25.1 Å². The summed E-state index contributed by atoms with van der Waals surface area (Å²) in [6.07, 6.45) is 6.40. The predicted octanol–water partition coefficient (Wildman–Crippen LogP) is 4.91. The van der Waals surface area contributed by atoms with Crippen molar-refractivity contribution in [3.05, 3.63) is 113 Å². The maximum absolute atomic E-state index is 14.2. The molecule has 206 valence electrons. The molecule has 0 spiro atoms. The van der Waals surface area contributed by atoms with Gasteiger partial charge < -0.3 is 0 Å². The molecule has 2 aromatic carbocycles. The van der Waals surface area contributed by atoms with Crippen LogP contribution < -0.4 is 0 Å². The Hall–Kier alpha value is -4.46. The number of nitriles is 1. The Labute approximate surface area is 237 Å². The van der Waals surface area contributed by atoms with Crippen LogP contribution in [0.4, 0.5) is 4.39 Å². The van der Waals surface area contributed by atoms with Crippen molar-refractivity contribution in [2.75, 3.05) is 13.1 Å². The van der Waals surface area contributed by atoms with Gasteiger partial charge in [-0.2, -0.15) is 14.7 Å². The zero-order chi connectivity index (χ0) is 28.7. The van der Waals surface area contributed by atoms with Crippen LogP contribution in [0, 0.1) is 23.1 Å². The molecule has 1 aliphatic heterocycles. The summed E-state index contributed by atoms with van der Waals surface area (Å²) in [4.78, 5) is 18.6. The first kappa shape index (κ1) is 26.7. The van der Waals surface area contributed by atoms with Crippen LogP contribution >= 0.6 is 0 Å². The number of fused-ring (bicyclic) bond motifs is 2. The third-order valence-corrected chi connectivity index (χ3v) is 9.72. The minimum atomic E-state index is -3.92. The topological polar surface area (TPSA) is 109 Å². The molecule has 8 nitrogen and oxygen atoms in total. The van der Waals surface area contributed by atoms with Gasteiger partial charge in [-0.3, -0.25) is 9.78 Å². The first-order valence-electron chi connectivity index (χ1n) is 13.3. The number of hydrogen-bond donors (Lipinski definition) is 0. The van der Waals surface area contributed by atoms with Gasteiger partial charge in [0.25, 0.3) is 0 Å². The Balaban J connectivity index is 1.44. The number of piperidine rings is 1. The monoisotopic (exact) mass is 567 g/mol. The molecule has 1 saturated heterocycles. The van der Waals surface area contributed by atoms with E-state index in [0.29, 0.717) is 29.1 Å². The standard InChI is InChI=1S/C31H26FN5O3S/c1-2-20-10-12-34-28(15-20)31(38)30-26-18-35-37(24-8-6-23(32)7-9-24)29(26)16-22-11-13-36(19-27(22)30)41(39,40)25-5-3-4-21(14-25)17-33/h3-10,12,14-16,18,27,30H,2,11,13,19H2,1H3/t27?,30-/m0/s1. The molecular formula is C31H26FN5O3S. The summed E-state index contributed by atoms with van der Waals surface area (Å²) in [5.74, 6) is -1.73. The number of Topliss-reactive ketones (excluding diaryl/α,β-unsaturated/α-hetero) is 1. The van der Waals surface area contributed by atoms with E-state index in [1.165, 1.54) is 28.6 Å². The number of benzene rings is 2. The Morgan fingerprint density at radius 2 is 1.95 bits per heavy atom. The number of halogens is 1. The summed E-state index contributed by atoms with van der Waals surface area (Å²) >= 11 is 0. The molecule has 0 radical (unpaired) electrons. The zero-order valence-electron chi connectivity index (χ0n) is 22.2. The summed E-state index contributed by atoms with van der Waals surface area (Å²) in [5, 5.41) is 13.9. The third-order valence-electron chi connectivity index (χ3n) is 7.86. The van der Waals surface area contributed by atoms with Gasteiger partial charge in [0, 0.05) is 30.8 Å². The average Bonchev–Trinajstić information content (AvgIpc) is 3.43. The highest BCUT2D eigenvalue weighted by molar-refractivity contribution is 7.89. The minimum absolute atomic E-state index is 0.0461. The fraction of sp³-hybridized carbons (Fsp3) is 0.226. The van der Waals surface area contributed by atoms with Crippen LogP contribution in [0.15, 0.2) is 83.5 Å². The van der Waals surface area contributed by atoms with E-state index in [1.54, 1.807) is 47.4 Å². The lowest BCUT2D eigenvalue weighted by molar-refractivity contribution is 0.0917. The van der Waals surface area contributed by atoms with E-state index in [2.05, 4.69) is 10.1 Å². The molecule has 6 rings (SSSR count). The van der Waals surface area contributed by atoms with Crippen LogP contribution in [0.25, 0.3) is 11.8 Å². The summed E-state index contributed by atoms with van der Waals surface area (Å²) in [5.41, 5.74) is 4.53. The minimum Gasteiger partial charge on any atom is -0.292 e. The molecule has 4 aromatic rings. The summed E-state index contributed by atoms with van der Waals surface area (Å²) in [6, 6.07) is 17.6. The van der Waals surface area contributed by atoms with Gasteiger partial charge in [-0.25, -0.2) is 17.5 Å². The van der Waals surface area contributed by atoms with Gasteiger partial charge in [-0.05, 0) is 79.1 Å². The highest BCUT2D eigenvalue weighted by Gasteiger charge is 2.44. The first-order chi connectivity index (χ1) is 19.8. The molecule has 2 aliphatic rings. The largest absolute Gasteiger partial charge is 0.292 e. The molecule has 3 heterocycles. The summed E-state index contributed by atoms with van der Waals surface area (Å²) < 4.78 is 44.1. The molecule has 0 saturated carbocycles. The van der Waals surface area contributed by atoms with Crippen LogP contribution in [0.2, 0.25) is 0 Å². The average molecular weight is 568 g/mol. The number of hydrogen-bond acceptors (Lipinski definition) is 6. The summed E-state index contributed by atoms with van der Waals surface area (Å²) in [6.45, 7) is 2.32. The molecule has 1 aliphatic carbocycles. The second kappa shape index (κ2) is 10.5. The fourth-order valence-corrected chi connectivity index (χ4v) is 7.22. The smallest absolute Gasteiger partial charge is 0.243 e. The number of aryl methyl sites for hydroxylation is 1. The van der Waals surface area contributed by atoms with Crippen LogP contribution in [0.3, 0.4) is 0 Å². The number of sulfonamides is 1. The first-order valence-corrected chi connectivity index (χ1v) is 14.8. The van der Waals surface area contributed by atoms with Gasteiger partial charge in [0.05, 0.1) is 40.0 Å². The Morgan fingerprint density at radius 3 is 2.71 bits per heavy atom. The van der Waals surface area contributed by atoms with Crippen LogP contribution in [0.1, 0.15) is 52.1 Å². The molecule has 1 fully saturated rings. The zero-order valence-corrected chi connectivity index (χ0v) is 23.1. The van der Waals surface area contributed by atoms with Gasteiger partial charge in [-0.15, -0.1) is 0 Å². The van der Waals surface area contributed by atoms with Crippen LogP contribution in [-0.2, 0) is 16.4 Å². The van der Waals surface area contributed by atoms with Crippen LogP contribution in [-0.4, -0.2) is 46.4 Å². The second-order valence-corrected chi connectivity index (χ2v) is 12.1. The van der Waals surface area contributed by atoms with E-state index < -0.39 is 21.9 Å². The van der Waals surface area contributed by atoms with Crippen molar-refractivity contribution in [2.24, 2.45) is 5.92 Å². The van der Waals surface area contributed by atoms with E-state index in [-0.39, 0.29) is 35.1 Å². The lowest BCUT2D eigenvalue weighted by atomic mass is 9.72. The van der Waals surface area contributed by atoms with E-state index >= 15 is 0 Å². The van der Waals surface area contributed by atoms with Crippen molar-refractivity contribution < 1.29 is 17.6 Å². The second-order valence-electron chi connectivity index (χ2n) is 10.2. The maximum atomic E-state index is 14.2. The molecule has 1 unspecified atom stereocenters. The molecule has 2 atom stereocenters. The van der Waals surface area contributed by atoms with E-state index in [9.17, 15) is 22.9 Å². The molecule has 0 amide bonds. The summed E-state index contributed by atoms with van der Waals surface area (Å²) in [7, 11) is -3.92. The molecule has 0 N–H and O–H groups in total. The van der Waals surface area contributed by atoms with Crippen LogP contribution in [0.5, 0.6) is 0 Å². The Morgan fingerprint density at radius 1 is 1.15 bits per heavy atom. The maximum Gasteiger partial charge on any atom is 0.243 e. The van der Waals surface area contributed by atoms with E-state index in [4.69, 9.17) is 0 Å². The SMILES string of the molecule is CCc1ccnc(C(=O)[C@H]2c3cnn(-c4ccc(F)cc4)c3C=C3CCN(S(=O)(=O)c4cccc(C#N)c4)CC32)c1. The van der Waals surface area contributed by atoms with Gasteiger partial charge >= 0.3 is 0 Å². The quantitative estimate of drug-likeness (QED) is 0.306. The van der Waals surface area contributed by atoms with Gasteiger partial charge in [0.1, 0.15) is 11.5 Å². The van der Waals surface area contributed by atoms with E-state index in [0.717, 1.165) is 17.6 Å². The normalized spacial score (nSPS) is 18.6. The van der Waals surface area contributed by atoms with Crippen molar-refractivity contribution in [3.63, 3.8) is 0 Å². The lowest BCUT2D eigenvalue weighted by Gasteiger charge is -2.39. The van der Waals surface area contributed by atoms with Gasteiger partial charge in [0.15, 0.2) is 5.78 Å². The highest BCUT2D eigenvalue weighted by Crippen LogP contribution is 2.45. The molecule has 41 heavy (non-hydrogen) atoms. The van der Waals surface area contributed by atoms with Crippen molar-refractivity contribution in [1.82, 2.24) is 19.1 Å². The number of rotatable bonds is 6. The highest BCUT2D eigenvalue weighted by atomic mass is 32.2. The molecule has 2 aromatic heterocycles. The number of carbonyl (C=O) groups excluding carboxylic acids is 1. The van der Waals surface area contributed by atoms with Crippen molar-refractivity contribution in [1.29, 1.82) is 5.26 Å². The molecule has 0 bridgehead atoms. The van der Waals surface area contributed by atoms with Crippen molar-refractivity contribution >= 4 is 21.9 Å². The number of carbonyl (C=O) groups is 1. The van der Waals surface area contributed by atoms with Gasteiger partial charge in [0.2, 0.25) is 10.0 Å². The number of pyridine rings is 1. The number of aromatic nitrogens is 3. The number of ketones is 1. The third kappa shape index (κ3) is 4.77. The number of nitrogens with zero attached hydrogens (tertiary/aromatic N) is 5. The van der Waals surface area contributed by atoms with Crippen molar-refractivity contribution in [2.45, 2.75) is 30.6 Å². The Bertz CT molecular complexity index is 1840. The molecule has 10 heteroatoms. The lowest BCUT2D eigenvalue weighted by Crippen LogP contribution is -2.45. The Kier molecular flexibility index (Phi) is 6.85. The fourth-order valence-electron chi connectivity index (χ4n) is 5.71. The predicted molar refractivity (Wildman–Crippen MR) is 150 cm³/mol.